The minimum atomic E-state index is -0.322. The molecule has 0 aliphatic carbocycles. The minimum Gasteiger partial charge on any atom is -0.493 e. The van der Waals surface area contributed by atoms with E-state index in [9.17, 15) is 4.79 Å². The number of hydrogen-bond acceptors (Lipinski definition) is 5. The van der Waals surface area contributed by atoms with E-state index in [1.807, 2.05) is 42.5 Å². The smallest absolute Gasteiger partial charge is 0.253 e. The summed E-state index contributed by atoms with van der Waals surface area (Å²) in [7, 11) is 3.25. The average molecular weight is 669 g/mol. The maximum Gasteiger partial charge on any atom is 0.253 e. The topological polar surface area (TPSA) is 56.1 Å². The van der Waals surface area contributed by atoms with Crippen LogP contribution in [0, 0.1) is 13.8 Å². The molecule has 5 aromatic rings. The quantitative estimate of drug-likeness (QED) is 0.148. The zero-order valence-electron chi connectivity index (χ0n) is 25.2. The van der Waals surface area contributed by atoms with Crippen LogP contribution in [0.2, 0.25) is 0 Å². The molecule has 44 heavy (non-hydrogen) atoms. The van der Waals surface area contributed by atoms with E-state index < -0.39 is 0 Å². The van der Waals surface area contributed by atoms with Crippen molar-refractivity contribution in [2.24, 2.45) is 5.10 Å². The fourth-order valence-electron chi connectivity index (χ4n) is 5.79. The molecule has 2 heterocycles. The summed E-state index contributed by atoms with van der Waals surface area (Å²) in [5.74, 6) is 1.42. The summed E-state index contributed by atoms with van der Waals surface area (Å²) in [5.41, 5.74) is 7.67. The average Bonchev–Trinajstić information content (AvgIpc) is 3.64. The molecule has 0 saturated heterocycles. The number of aromatic nitrogens is 1. The molecule has 8 heteroatoms. The van der Waals surface area contributed by atoms with E-state index in [1.54, 1.807) is 31.0 Å². The highest BCUT2D eigenvalue weighted by Gasteiger charge is 2.35. The number of aryl methyl sites for hydroxylation is 2. The van der Waals surface area contributed by atoms with E-state index in [2.05, 4.69) is 83.0 Å². The number of amides is 1. The van der Waals surface area contributed by atoms with Crippen LogP contribution >= 0.6 is 27.7 Å². The molecule has 0 bridgehead atoms. The van der Waals surface area contributed by atoms with Crippen LogP contribution in [0.1, 0.15) is 40.3 Å². The first kappa shape index (κ1) is 30.0. The molecule has 4 aromatic carbocycles. The number of carbonyl (C=O) groups is 1. The summed E-state index contributed by atoms with van der Waals surface area (Å²) in [6.45, 7) is 5.05. The fraction of sp³-hybridized carbons (Fsp3) is 0.222. The molecule has 6 nitrogen and oxygen atoms in total. The molecule has 0 spiro atoms. The summed E-state index contributed by atoms with van der Waals surface area (Å²) in [6.07, 6.45) is 2.74. The number of carbonyl (C=O) groups excluding carboxylic acids is 1. The van der Waals surface area contributed by atoms with Crippen molar-refractivity contribution in [2.45, 2.75) is 37.8 Å². The van der Waals surface area contributed by atoms with Crippen molar-refractivity contribution in [1.29, 1.82) is 0 Å². The Kier molecular flexibility index (Phi) is 8.82. The zero-order chi connectivity index (χ0) is 30.8. The number of benzene rings is 4. The van der Waals surface area contributed by atoms with Gasteiger partial charge in [0.15, 0.2) is 11.5 Å². The highest BCUT2D eigenvalue weighted by atomic mass is 79.9. The van der Waals surface area contributed by atoms with Gasteiger partial charge in [0.05, 0.1) is 31.7 Å². The van der Waals surface area contributed by atoms with Crippen LogP contribution < -0.4 is 9.47 Å². The first-order valence-electron chi connectivity index (χ1n) is 14.5. The number of thioether (sulfide) groups is 1. The number of para-hydroxylation sites is 2. The Bertz CT molecular complexity index is 1870. The number of halogens is 1. The van der Waals surface area contributed by atoms with Crippen molar-refractivity contribution in [1.82, 2.24) is 9.58 Å². The van der Waals surface area contributed by atoms with Crippen molar-refractivity contribution in [3.05, 3.63) is 123 Å². The lowest BCUT2D eigenvalue weighted by Crippen LogP contribution is -2.28. The third-order valence-corrected chi connectivity index (χ3v) is 9.64. The van der Waals surface area contributed by atoms with Gasteiger partial charge >= 0.3 is 0 Å². The van der Waals surface area contributed by atoms with Gasteiger partial charge in [-0.1, -0.05) is 82.2 Å². The second kappa shape index (κ2) is 12.9. The normalized spacial score (nSPS) is 14.6. The summed E-state index contributed by atoms with van der Waals surface area (Å²) < 4.78 is 14.6. The Labute approximate surface area is 270 Å². The highest BCUT2D eigenvalue weighted by Crippen LogP contribution is 2.42. The fourth-order valence-corrected chi connectivity index (χ4v) is 7.00. The van der Waals surface area contributed by atoms with Crippen molar-refractivity contribution >= 4 is 50.2 Å². The molecule has 0 radical (unpaired) electrons. The van der Waals surface area contributed by atoms with E-state index in [1.165, 1.54) is 16.7 Å². The van der Waals surface area contributed by atoms with Gasteiger partial charge in [-0.15, -0.1) is 11.8 Å². The molecular weight excluding hydrogens is 634 g/mol. The Morgan fingerprint density at radius 1 is 0.977 bits per heavy atom. The summed E-state index contributed by atoms with van der Waals surface area (Å²) >= 11 is 5.07. The van der Waals surface area contributed by atoms with Gasteiger partial charge in [0.2, 0.25) is 0 Å². The summed E-state index contributed by atoms with van der Waals surface area (Å²) in [5, 5.41) is 7.68. The van der Waals surface area contributed by atoms with Gasteiger partial charge in [0, 0.05) is 45.0 Å². The predicted molar refractivity (Wildman–Crippen MR) is 182 cm³/mol. The SMILES string of the molecule is COc1cccc(C2CC(c3ccc(Br)cc3)=NN2C(=O)CSc2cn(Cc3cc(C)ccc3C)c3ccccc23)c1OC. The van der Waals surface area contributed by atoms with Crippen LogP contribution in [-0.4, -0.2) is 41.2 Å². The number of methoxy groups -OCH3 is 2. The van der Waals surface area contributed by atoms with Gasteiger partial charge in [-0.2, -0.15) is 5.10 Å². The lowest BCUT2D eigenvalue weighted by atomic mass is 9.97. The lowest BCUT2D eigenvalue weighted by Gasteiger charge is -2.24. The molecule has 0 fully saturated rings. The monoisotopic (exact) mass is 667 g/mol. The minimum absolute atomic E-state index is 0.0663. The number of fused-ring (bicyclic) bond motifs is 1. The second-order valence-electron chi connectivity index (χ2n) is 11.0. The molecule has 1 aliphatic heterocycles. The largest absolute Gasteiger partial charge is 0.493 e. The van der Waals surface area contributed by atoms with Crippen LogP contribution in [0.5, 0.6) is 11.5 Å². The number of nitrogens with zero attached hydrogens (tertiary/aromatic N) is 3. The molecule has 224 valence electrons. The molecule has 1 aromatic heterocycles. The van der Waals surface area contributed by atoms with Gasteiger partial charge in [-0.3, -0.25) is 4.79 Å². The van der Waals surface area contributed by atoms with Crippen LogP contribution in [0.4, 0.5) is 0 Å². The van der Waals surface area contributed by atoms with Gasteiger partial charge < -0.3 is 14.0 Å². The number of rotatable bonds is 9. The van der Waals surface area contributed by atoms with Gasteiger partial charge in [0.25, 0.3) is 5.91 Å². The van der Waals surface area contributed by atoms with E-state index in [0.717, 1.165) is 43.7 Å². The lowest BCUT2D eigenvalue weighted by molar-refractivity contribution is -0.130. The number of hydrazone groups is 1. The maximum atomic E-state index is 14.0. The van der Waals surface area contributed by atoms with Gasteiger partial charge in [-0.05, 0) is 54.8 Å². The van der Waals surface area contributed by atoms with Crippen molar-refractivity contribution < 1.29 is 14.3 Å². The Hall–Kier alpha value is -4.01. The number of hydrogen-bond donors (Lipinski definition) is 0. The van der Waals surface area contributed by atoms with E-state index in [0.29, 0.717) is 17.9 Å². The first-order valence-corrected chi connectivity index (χ1v) is 16.3. The van der Waals surface area contributed by atoms with Crippen molar-refractivity contribution in [2.75, 3.05) is 20.0 Å². The van der Waals surface area contributed by atoms with Crippen molar-refractivity contribution in [3.8, 4) is 11.5 Å². The summed E-state index contributed by atoms with van der Waals surface area (Å²) in [4.78, 5) is 15.1. The first-order chi connectivity index (χ1) is 21.4. The van der Waals surface area contributed by atoms with Crippen LogP contribution in [-0.2, 0) is 11.3 Å². The Balaban J connectivity index is 1.30. The molecule has 1 amide bonds. The molecule has 0 N–H and O–H groups in total. The third-order valence-electron chi connectivity index (χ3n) is 8.08. The summed E-state index contributed by atoms with van der Waals surface area (Å²) in [6, 6.07) is 28.5. The standard InChI is InChI=1S/C36H34BrN3O3S/c1-23-12-13-24(2)26(18-23)20-39-21-34(28-8-5-6-10-31(28)39)44-22-35(41)40-32(29-9-7-11-33(42-3)36(29)43-4)19-30(38-40)25-14-16-27(37)17-15-25/h5-18,21,32H,19-20,22H2,1-4H3. The molecular formula is C36H34BrN3O3S. The van der Waals surface area contributed by atoms with Gasteiger partial charge in [-0.25, -0.2) is 5.01 Å². The Morgan fingerprint density at radius 2 is 1.77 bits per heavy atom. The second-order valence-corrected chi connectivity index (χ2v) is 12.9. The zero-order valence-corrected chi connectivity index (χ0v) is 27.6. The van der Waals surface area contributed by atoms with E-state index in [4.69, 9.17) is 14.6 Å². The highest BCUT2D eigenvalue weighted by molar-refractivity contribution is 9.10. The van der Waals surface area contributed by atoms with Crippen LogP contribution in [0.3, 0.4) is 0 Å². The third kappa shape index (κ3) is 6.01. The van der Waals surface area contributed by atoms with Crippen molar-refractivity contribution in [3.63, 3.8) is 0 Å². The Morgan fingerprint density at radius 3 is 2.55 bits per heavy atom. The molecule has 0 saturated carbocycles. The van der Waals surface area contributed by atoms with Crippen LogP contribution in [0.15, 0.2) is 106 Å². The maximum absolute atomic E-state index is 14.0. The van der Waals surface area contributed by atoms with E-state index >= 15 is 0 Å². The molecule has 6 rings (SSSR count). The predicted octanol–water partition coefficient (Wildman–Crippen LogP) is 8.56. The number of ether oxygens (including phenoxy) is 2. The molecule has 1 atom stereocenters. The van der Waals surface area contributed by atoms with Crippen LogP contribution in [0.25, 0.3) is 10.9 Å². The van der Waals surface area contributed by atoms with Gasteiger partial charge in [0.1, 0.15) is 0 Å². The van der Waals surface area contributed by atoms with E-state index in [-0.39, 0.29) is 17.7 Å². The molecule has 1 aliphatic rings. The molecule has 1 unspecified atom stereocenters.